The molecule has 31 heavy (non-hydrogen) atoms. The number of methoxy groups -OCH3 is 1. The van der Waals surface area contributed by atoms with Crippen molar-refractivity contribution in [3.05, 3.63) is 71.7 Å². The summed E-state index contributed by atoms with van der Waals surface area (Å²) in [6.45, 7) is 2.46. The molecule has 0 bridgehead atoms. The molecule has 0 radical (unpaired) electrons. The van der Waals surface area contributed by atoms with E-state index in [9.17, 15) is 9.18 Å². The quantitative estimate of drug-likeness (QED) is 0.466. The summed E-state index contributed by atoms with van der Waals surface area (Å²) in [6.07, 6.45) is 3.64. The number of nitrogens with zero attached hydrogens (tertiary/aromatic N) is 1. The van der Waals surface area contributed by atoms with E-state index in [1.807, 2.05) is 31.2 Å². The highest BCUT2D eigenvalue weighted by Gasteiger charge is 2.14. The van der Waals surface area contributed by atoms with E-state index in [4.69, 9.17) is 14.3 Å². The Hall–Kier alpha value is -3.19. The molecule has 0 amide bonds. The van der Waals surface area contributed by atoms with Gasteiger partial charge in [0.1, 0.15) is 17.3 Å². The Morgan fingerprint density at radius 3 is 2.68 bits per heavy atom. The second kappa shape index (κ2) is 10.7. The van der Waals surface area contributed by atoms with Crippen LogP contribution in [-0.4, -0.2) is 29.2 Å². The number of hydrogen-bond donors (Lipinski definition) is 2. The summed E-state index contributed by atoms with van der Waals surface area (Å²) in [7, 11) is 1.56. The molecule has 1 unspecified atom stereocenters. The summed E-state index contributed by atoms with van der Waals surface area (Å²) in [5, 5.41) is 12.5. The van der Waals surface area contributed by atoms with Gasteiger partial charge in [-0.1, -0.05) is 31.2 Å². The first kappa shape index (κ1) is 22.5. The van der Waals surface area contributed by atoms with Gasteiger partial charge >= 0.3 is 5.97 Å². The molecule has 0 aliphatic heterocycles. The maximum absolute atomic E-state index is 13.7. The van der Waals surface area contributed by atoms with E-state index in [0.717, 1.165) is 23.3 Å². The number of carboxylic acid groups (broad SMARTS) is 1. The second-order valence-corrected chi connectivity index (χ2v) is 7.33. The largest absolute Gasteiger partial charge is 0.496 e. The maximum atomic E-state index is 13.7. The Bertz CT molecular complexity index is 1000. The molecule has 164 valence electrons. The van der Waals surface area contributed by atoms with Crippen LogP contribution in [0.15, 0.2) is 53.1 Å². The number of rotatable bonds is 11. The Morgan fingerprint density at radius 1 is 1.26 bits per heavy atom. The smallest absolute Gasteiger partial charge is 0.303 e. The number of ether oxygens (including phenoxy) is 1. The predicted octanol–water partition coefficient (Wildman–Crippen LogP) is 4.62. The van der Waals surface area contributed by atoms with Gasteiger partial charge in [0.05, 0.1) is 19.9 Å². The summed E-state index contributed by atoms with van der Waals surface area (Å²) in [6, 6.07) is 12.2. The number of hydrogen-bond acceptors (Lipinski definition) is 5. The first-order chi connectivity index (χ1) is 15.0. The van der Waals surface area contributed by atoms with Crippen molar-refractivity contribution in [3.63, 3.8) is 0 Å². The van der Waals surface area contributed by atoms with Crippen molar-refractivity contribution in [1.82, 2.24) is 10.3 Å². The first-order valence-electron chi connectivity index (χ1n) is 10.3. The summed E-state index contributed by atoms with van der Waals surface area (Å²) < 4.78 is 24.7. The fraction of sp³-hybridized carbons (Fsp3) is 0.333. The van der Waals surface area contributed by atoms with Crippen LogP contribution < -0.4 is 10.1 Å². The average molecular weight is 426 g/mol. The van der Waals surface area contributed by atoms with E-state index in [1.54, 1.807) is 19.4 Å². The Balaban J connectivity index is 1.69. The normalized spacial score (nSPS) is 12.0. The number of aromatic nitrogens is 1. The molecule has 3 aromatic rings. The molecule has 1 aromatic heterocycles. The van der Waals surface area contributed by atoms with Crippen LogP contribution in [0.4, 0.5) is 4.39 Å². The van der Waals surface area contributed by atoms with E-state index in [0.29, 0.717) is 36.6 Å². The molecule has 0 aliphatic carbocycles. The zero-order chi connectivity index (χ0) is 22.2. The monoisotopic (exact) mass is 426 g/mol. The molecular weight excluding hydrogens is 399 g/mol. The number of carbonyl (C=O) groups is 1. The van der Waals surface area contributed by atoms with Gasteiger partial charge in [0.25, 0.3) is 0 Å². The molecule has 1 atom stereocenters. The Morgan fingerprint density at radius 2 is 2.03 bits per heavy atom. The van der Waals surface area contributed by atoms with Gasteiger partial charge in [-0.2, -0.15) is 0 Å². The fourth-order valence-electron chi connectivity index (χ4n) is 3.42. The fourth-order valence-corrected chi connectivity index (χ4v) is 3.42. The SMILES string of the molecule is CCc1ncc(CNC(CCC(=O)O)Cc2ccc(-c3cc(F)ccc3OC)cc2)o1. The van der Waals surface area contributed by atoms with E-state index in [-0.39, 0.29) is 18.3 Å². The summed E-state index contributed by atoms with van der Waals surface area (Å²) in [5.41, 5.74) is 2.59. The third-order valence-corrected chi connectivity index (χ3v) is 5.08. The molecule has 0 aliphatic rings. The van der Waals surface area contributed by atoms with Crippen LogP contribution in [0.5, 0.6) is 5.75 Å². The molecule has 3 rings (SSSR count). The second-order valence-electron chi connectivity index (χ2n) is 7.33. The van der Waals surface area contributed by atoms with Crippen LogP contribution in [0.25, 0.3) is 11.1 Å². The van der Waals surface area contributed by atoms with E-state index in [1.165, 1.54) is 12.1 Å². The third kappa shape index (κ3) is 6.39. The van der Waals surface area contributed by atoms with Gasteiger partial charge in [-0.25, -0.2) is 9.37 Å². The van der Waals surface area contributed by atoms with Crippen molar-refractivity contribution in [2.24, 2.45) is 0 Å². The summed E-state index contributed by atoms with van der Waals surface area (Å²) in [4.78, 5) is 15.3. The maximum Gasteiger partial charge on any atom is 0.303 e. The van der Waals surface area contributed by atoms with Gasteiger partial charge in [-0.15, -0.1) is 0 Å². The van der Waals surface area contributed by atoms with E-state index in [2.05, 4.69) is 10.3 Å². The number of oxazole rings is 1. The van der Waals surface area contributed by atoms with Crippen molar-refractivity contribution in [2.75, 3.05) is 7.11 Å². The molecule has 7 heteroatoms. The summed E-state index contributed by atoms with van der Waals surface area (Å²) >= 11 is 0. The van der Waals surface area contributed by atoms with Crippen LogP contribution in [0, 0.1) is 5.82 Å². The van der Waals surface area contributed by atoms with Gasteiger partial charge in [-0.3, -0.25) is 4.79 Å². The minimum Gasteiger partial charge on any atom is -0.496 e. The van der Waals surface area contributed by atoms with Crippen LogP contribution in [0.3, 0.4) is 0 Å². The van der Waals surface area contributed by atoms with Gasteiger partial charge in [0, 0.05) is 24.4 Å². The number of benzene rings is 2. The van der Waals surface area contributed by atoms with Crippen LogP contribution >= 0.6 is 0 Å². The lowest BCUT2D eigenvalue weighted by atomic mass is 9.98. The predicted molar refractivity (Wildman–Crippen MR) is 115 cm³/mol. The molecule has 2 N–H and O–H groups in total. The van der Waals surface area contributed by atoms with Crippen molar-refractivity contribution < 1.29 is 23.4 Å². The van der Waals surface area contributed by atoms with Crippen LogP contribution in [-0.2, 0) is 24.2 Å². The number of aliphatic carboxylic acids is 1. The highest BCUT2D eigenvalue weighted by atomic mass is 19.1. The van der Waals surface area contributed by atoms with Gasteiger partial charge in [0.2, 0.25) is 0 Å². The van der Waals surface area contributed by atoms with Crippen LogP contribution in [0.1, 0.15) is 37.0 Å². The first-order valence-corrected chi connectivity index (χ1v) is 10.3. The minimum atomic E-state index is -0.826. The minimum absolute atomic E-state index is 0.0409. The molecule has 6 nitrogen and oxygen atoms in total. The van der Waals surface area contributed by atoms with Crippen molar-refractivity contribution >= 4 is 5.97 Å². The Labute approximate surface area is 181 Å². The third-order valence-electron chi connectivity index (χ3n) is 5.08. The number of carboxylic acids is 1. The zero-order valence-corrected chi connectivity index (χ0v) is 17.7. The van der Waals surface area contributed by atoms with Crippen molar-refractivity contribution in [2.45, 2.75) is 45.2 Å². The highest BCUT2D eigenvalue weighted by molar-refractivity contribution is 5.70. The number of nitrogens with one attached hydrogen (secondary N) is 1. The lowest BCUT2D eigenvalue weighted by Crippen LogP contribution is -2.31. The topological polar surface area (TPSA) is 84.6 Å². The molecule has 1 heterocycles. The van der Waals surface area contributed by atoms with Gasteiger partial charge in [-0.05, 0) is 42.2 Å². The lowest BCUT2D eigenvalue weighted by Gasteiger charge is -2.18. The molecule has 0 saturated heterocycles. The highest BCUT2D eigenvalue weighted by Crippen LogP contribution is 2.31. The molecular formula is C24H27FN2O4. The molecule has 0 fully saturated rings. The van der Waals surface area contributed by atoms with Crippen LogP contribution in [0.2, 0.25) is 0 Å². The van der Waals surface area contributed by atoms with Gasteiger partial charge in [0.15, 0.2) is 5.89 Å². The average Bonchev–Trinajstić information content (AvgIpc) is 3.24. The van der Waals surface area contributed by atoms with E-state index < -0.39 is 5.97 Å². The standard InChI is InChI=1S/C24H27FN2O4/c1-3-23-27-15-20(31-23)14-26-19(9-11-24(28)29)12-16-4-6-17(7-5-16)21-13-18(25)8-10-22(21)30-2/h4-8,10,13,15,19,26H,3,9,11-12,14H2,1-2H3,(H,28,29). The zero-order valence-electron chi connectivity index (χ0n) is 17.7. The molecule has 0 saturated carbocycles. The molecule has 0 spiro atoms. The number of aryl methyl sites for hydroxylation is 1. The molecule has 2 aromatic carbocycles. The number of halogens is 1. The summed E-state index contributed by atoms with van der Waals surface area (Å²) in [5.74, 6) is 0.867. The van der Waals surface area contributed by atoms with E-state index >= 15 is 0 Å². The Kier molecular flexibility index (Phi) is 7.78. The van der Waals surface area contributed by atoms with Crippen molar-refractivity contribution in [3.8, 4) is 16.9 Å². The lowest BCUT2D eigenvalue weighted by molar-refractivity contribution is -0.137. The van der Waals surface area contributed by atoms with Gasteiger partial charge < -0.3 is 19.6 Å². The van der Waals surface area contributed by atoms with Crippen molar-refractivity contribution in [1.29, 1.82) is 0 Å².